The van der Waals surface area contributed by atoms with Crippen LogP contribution >= 0.6 is 0 Å². The number of carbonyl (C=O) groups is 2. The molecule has 10 heteroatoms. The molecule has 0 spiro atoms. The summed E-state index contributed by atoms with van der Waals surface area (Å²) in [4.78, 5) is 25.1. The average Bonchev–Trinajstić information content (AvgIpc) is 2.92. The molecule has 0 aliphatic carbocycles. The smallest absolute Gasteiger partial charge is 0.345 e. The Morgan fingerprint density at radius 1 is 1.12 bits per heavy atom. The first-order chi connectivity index (χ1) is 14.9. The second-order valence-corrected chi connectivity index (χ2v) is 9.63. The molecule has 32 heavy (non-hydrogen) atoms. The normalized spacial score (nSPS) is 16.2. The molecule has 0 radical (unpaired) electrons. The summed E-state index contributed by atoms with van der Waals surface area (Å²) in [5.41, 5.74) is -0.539. The fourth-order valence-corrected chi connectivity index (χ4v) is 5.48. The van der Waals surface area contributed by atoms with Crippen molar-refractivity contribution in [2.75, 3.05) is 0 Å². The first-order valence-electron chi connectivity index (χ1n) is 10.1. The van der Waals surface area contributed by atoms with E-state index in [-0.39, 0.29) is 16.0 Å². The number of nitrogens with zero attached hydrogens (tertiary/aromatic N) is 1. The van der Waals surface area contributed by atoms with Crippen LogP contribution in [-0.4, -0.2) is 30.6 Å². The number of alkyl halides is 3. The average molecular weight is 468 g/mol. The maximum atomic E-state index is 13.1. The fourth-order valence-electron chi connectivity index (χ4n) is 3.68. The maximum absolute atomic E-state index is 13.1. The van der Waals surface area contributed by atoms with E-state index in [9.17, 15) is 31.2 Å². The number of benzene rings is 2. The molecule has 0 bridgehead atoms. The highest BCUT2D eigenvalue weighted by molar-refractivity contribution is 7.90. The molecule has 1 N–H and O–H groups in total. The highest BCUT2D eigenvalue weighted by atomic mass is 32.2. The molecule has 0 fully saturated rings. The molecule has 1 atom stereocenters. The van der Waals surface area contributed by atoms with Crippen LogP contribution in [0.1, 0.15) is 71.5 Å². The van der Waals surface area contributed by atoms with Crippen LogP contribution in [0.2, 0.25) is 0 Å². The summed E-state index contributed by atoms with van der Waals surface area (Å²) in [5, 5.41) is 2.69. The van der Waals surface area contributed by atoms with E-state index in [1.165, 1.54) is 24.3 Å². The van der Waals surface area contributed by atoms with Gasteiger partial charge in [-0.25, -0.2) is 12.7 Å². The fraction of sp³-hybridized carbons (Fsp3) is 0.364. The third-order valence-corrected chi connectivity index (χ3v) is 7.18. The van der Waals surface area contributed by atoms with Crippen LogP contribution in [0.15, 0.2) is 47.4 Å². The Bertz CT molecular complexity index is 1160. The van der Waals surface area contributed by atoms with Crippen molar-refractivity contribution >= 4 is 21.8 Å². The summed E-state index contributed by atoms with van der Waals surface area (Å²) >= 11 is 0. The first-order valence-corrected chi connectivity index (χ1v) is 11.5. The van der Waals surface area contributed by atoms with Gasteiger partial charge >= 0.3 is 6.18 Å². The van der Waals surface area contributed by atoms with E-state index >= 15 is 0 Å². The van der Waals surface area contributed by atoms with Crippen LogP contribution in [-0.2, 0) is 16.2 Å². The monoisotopic (exact) mass is 468 g/mol. The van der Waals surface area contributed by atoms with E-state index in [2.05, 4.69) is 5.32 Å². The van der Waals surface area contributed by atoms with Crippen molar-refractivity contribution in [2.24, 2.45) is 0 Å². The maximum Gasteiger partial charge on any atom is 0.416 e. The number of carbonyl (C=O) groups excluding carboxylic acids is 2. The van der Waals surface area contributed by atoms with Crippen molar-refractivity contribution in [2.45, 2.75) is 56.8 Å². The predicted molar refractivity (Wildman–Crippen MR) is 111 cm³/mol. The van der Waals surface area contributed by atoms with Crippen molar-refractivity contribution in [1.82, 2.24) is 9.62 Å². The molecular formula is C22H23F3N2O4S. The lowest BCUT2D eigenvalue weighted by Crippen LogP contribution is -2.36. The summed E-state index contributed by atoms with van der Waals surface area (Å²) in [6.07, 6.45) is -3.53. The molecule has 0 saturated heterocycles. The summed E-state index contributed by atoms with van der Waals surface area (Å²) in [5.74, 6) is -1.30. The van der Waals surface area contributed by atoms with Gasteiger partial charge in [0.15, 0.2) is 0 Å². The van der Waals surface area contributed by atoms with E-state index in [0.717, 1.165) is 22.5 Å². The highest BCUT2D eigenvalue weighted by Crippen LogP contribution is 2.34. The Balaban J connectivity index is 1.92. The number of nitrogens with one attached hydrogen (secondary N) is 1. The minimum Gasteiger partial charge on any atom is -0.345 e. The molecule has 2 amide bonds. The van der Waals surface area contributed by atoms with Crippen LogP contribution in [0.3, 0.4) is 0 Å². The zero-order valence-electron chi connectivity index (χ0n) is 17.7. The van der Waals surface area contributed by atoms with Crippen LogP contribution in [0, 0.1) is 0 Å². The summed E-state index contributed by atoms with van der Waals surface area (Å²) in [7, 11) is -4.08. The van der Waals surface area contributed by atoms with Gasteiger partial charge in [0.05, 0.1) is 17.2 Å². The quantitative estimate of drug-likeness (QED) is 0.675. The summed E-state index contributed by atoms with van der Waals surface area (Å²) in [6, 6.07) is 7.19. The molecule has 1 aliphatic rings. The van der Waals surface area contributed by atoms with Crippen molar-refractivity contribution in [3.63, 3.8) is 0 Å². The number of halogens is 3. The molecule has 2 aromatic carbocycles. The molecule has 3 rings (SSSR count). The molecule has 1 unspecified atom stereocenters. The zero-order valence-corrected chi connectivity index (χ0v) is 18.5. The number of hydrogen-bond acceptors (Lipinski definition) is 4. The van der Waals surface area contributed by atoms with E-state index in [4.69, 9.17) is 0 Å². The first kappa shape index (κ1) is 23.8. The lowest BCUT2D eigenvalue weighted by Gasteiger charge is -2.20. The van der Waals surface area contributed by atoms with E-state index in [1.54, 1.807) is 13.8 Å². The van der Waals surface area contributed by atoms with Gasteiger partial charge in [-0.15, -0.1) is 0 Å². The second kappa shape index (κ2) is 8.57. The Labute approximate surface area is 184 Å². The minimum atomic E-state index is -4.51. The van der Waals surface area contributed by atoms with Gasteiger partial charge in [-0.1, -0.05) is 25.5 Å². The highest BCUT2D eigenvalue weighted by Gasteiger charge is 2.43. The van der Waals surface area contributed by atoms with Crippen molar-refractivity contribution < 1.29 is 31.2 Å². The zero-order chi connectivity index (χ0) is 23.8. The Morgan fingerprint density at radius 3 is 2.41 bits per heavy atom. The third kappa shape index (κ3) is 4.36. The van der Waals surface area contributed by atoms with Crippen molar-refractivity contribution in [3.05, 3.63) is 64.7 Å². The molecular weight excluding hydrogens is 445 g/mol. The third-order valence-electron chi connectivity index (χ3n) is 5.18. The van der Waals surface area contributed by atoms with Crippen LogP contribution < -0.4 is 5.32 Å². The lowest BCUT2D eigenvalue weighted by atomic mass is 9.99. The van der Waals surface area contributed by atoms with Crippen molar-refractivity contribution in [1.29, 1.82) is 0 Å². The van der Waals surface area contributed by atoms with Crippen molar-refractivity contribution in [3.8, 4) is 0 Å². The Hall–Kier alpha value is -2.88. The lowest BCUT2D eigenvalue weighted by molar-refractivity contribution is -0.137. The molecule has 0 aromatic heterocycles. The molecule has 172 valence electrons. The van der Waals surface area contributed by atoms with Gasteiger partial charge in [0, 0.05) is 11.6 Å². The van der Waals surface area contributed by atoms with E-state index in [0.29, 0.717) is 18.4 Å². The number of sulfonamides is 1. The Kier molecular flexibility index (Phi) is 6.37. The molecule has 1 heterocycles. The number of fused-ring (bicyclic) bond motifs is 1. The molecule has 1 aliphatic heterocycles. The van der Waals surface area contributed by atoms with Gasteiger partial charge in [0.1, 0.15) is 4.90 Å². The Morgan fingerprint density at radius 2 is 1.81 bits per heavy atom. The predicted octanol–water partition coefficient (Wildman–Crippen LogP) is 4.53. The van der Waals surface area contributed by atoms with E-state index in [1.807, 2.05) is 6.92 Å². The van der Waals surface area contributed by atoms with Gasteiger partial charge in [-0.3, -0.25) is 9.59 Å². The largest absolute Gasteiger partial charge is 0.416 e. The minimum absolute atomic E-state index is 0.00110. The standard InChI is InChI=1S/C22H23F3N2O4S/c1-4-6-18(14-7-5-8-16(11-14)22(23,24)25)26-20(28)15-9-10-17-19(12-15)32(30,31)27(13(2)3)21(17)29/h5,7-13,18H,4,6H2,1-3H3,(H,26,28). The van der Waals surface area contributed by atoms with Gasteiger partial charge in [-0.2, -0.15) is 13.2 Å². The van der Waals surface area contributed by atoms with Gasteiger partial charge in [0.25, 0.3) is 21.8 Å². The summed E-state index contributed by atoms with van der Waals surface area (Å²) < 4.78 is 65.5. The number of amides is 2. The number of hydrogen-bond donors (Lipinski definition) is 1. The van der Waals surface area contributed by atoms with Crippen LogP contribution in [0.25, 0.3) is 0 Å². The van der Waals surface area contributed by atoms with E-state index < -0.39 is 45.7 Å². The SMILES string of the molecule is CCCC(NC(=O)c1ccc2c(c1)S(=O)(=O)N(C(C)C)C2=O)c1cccc(C(F)(F)F)c1. The molecule has 0 saturated carbocycles. The van der Waals surface area contributed by atoms with Crippen LogP contribution in [0.4, 0.5) is 13.2 Å². The topological polar surface area (TPSA) is 83.6 Å². The summed E-state index contributed by atoms with van der Waals surface area (Å²) in [6.45, 7) is 4.97. The van der Waals surface area contributed by atoms with Gasteiger partial charge in [-0.05, 0) is 56.2 Å². The van der Waals surface area contributed by atoms with Crippen LogP contribution in [0.5, 0.6) is 0 Å². The second-order valence-electron chi connectivity index (χ2n) is 7.85. The van der Waals surface area contributed by atoms with Gasteiger partial charge < -0.3 is 5.32 Å². The van der Waals surface area contributed by atoms with Gasteiger partial charge in [0.2, 0.25) is 0 Å². The molecule has 6 nitrogen and oxygen atoms in total. The number of rotatable bonds is 6. The molecule has 2 aromatic rings.